The molecule has 154 valence electrons. The van der Waals surface area contributed by atoms with E-state index in [0.717, 1.165) is 17.8 Å². The Hall–Kier alpha value is -2.44. The van der Waals surface area contributed by atoms with Crippen molar-refractivity contribution in [2.75, 3.05) is 6.54 Å². The molecule has 3 atom stereocenters. The van der Waals surface area contributed by atoms with Gasteiger partial charge in [0.05, 0.1) is 18.4 Å². The number of urea groups is 1. The molecule has 1 saturated carbocycles. The molecule has 2 N–H and O–H groups in total. The maximum Gasteiger partial charge on any atom is 0.322 e. The zero-order chi connectivity index (χ0) is 20.0. The SMILES string of the molecule is O=C1NC[C@H](C2C=CC(C3CCC(F)(F)CC3)=CC2)N1C1=CC=C2NC=NC2C1. The minimum Gasteiger partial charge on any atom is -0.348 e. The minimum atomic E-state index is -2.49. The third-order valence-corrected chi connectivity index (χ3v) is 6.87. The molecule has 0 bridgehead atoms. The summed E-state index contributed by atoms with van der Waals surface area (Å²) in [5.74, 6) is -2.03. The van der Waals surface area contributed by atoms with E-state index in [-0.39, 0.29) is 42.8 Å². The van der Waals surface area contributed by atoms with Crippen molar-refractivity contribution in [3.63, 3.8) is 0 Å². The van der Waals surface area contributed by atoms with Crippen LogP contribution in [0.15, 0.2) is 52.3 Å². The first-order valence-corrected chi connectivity index (χ1v) is 10.5. The van der Waals surface area contributed by atoms with Gasteiger partial charge in [0.15, 0.2) is 0 Å². The average Bonchev–Trinajstić information content (AvgIpc) is 3.34. The van der Waals surface area contributed by atoms with E-state index in [4.69, 9.17) is 0 Å². The minimum absolute atomic E-state index is 0.0106. The van der Waals surface area contributed by atoms with Gasteiger partial charge >= 0.3 is 6.03 Å². The van der Waals surface area contributed by atoms with E-state index in [1.54, 1.807) is 6.34 Å². The van der Waals surface area contributed by atoms with Gasteiger partial charge in [-0.15, -0.1) is 0 Å². The largest absolute Gasteiger partial charge is 0.348 e. The molecule has 0 aromatic rings. The van der Waals surface area contributed by atoms with E-state index >= 15 is 0 Å². The van der Waals surface area contributed by atoms with Gasteiger partial charge in [0.2, 0.25) is 5.92 Å². The van der Waals surface area contributed by atoms with Crippen LogP contribution in [-0.2, 0) is 0 Å². The topological polar surface area (TPSA) is 56.7 Å². The van der Waals surface area contributed by atoms with Gasteiger partial charge in [-0.25, -0.2) is 13.6 Å². The van der Waals surface area contributed by atoms with Crippen LogP contribution in [0.5, 0.6) is 0 Å². The molecule has 0 spiro atoms. The van der Waals surface area contributed by atoms with Gasteiger partial charge in [0.1, 0.15) is 0 Å². The highest BCUT2D eigenvalue weighted by molar-refractivity contribution is 5.79. The monoisotopic (exact) mass is 400 g/mol. The number of aliphatic imine (C=N–C) groups is 1. The van der Waals surface area contributed by atoms with Crippen LogP contribution >= 0.6 is 0 Å². The highest BCUT2D eigenvalue weighted by atomic mass is 19.3. The first kappa shape index (κ1) is 18.6. The summed E-state index contributed by atoms with van der Waals surface area (Å²) < 4.78 is 26.9. The van der Waals surface area contributed by atoms with Crippen molar-refractivity contribution < 1.29 is 13.6 Å². The summed E-state index contributed by atoms with van der Waals surface area (Å²) in [6.45, 7) is 0.618. The van der Waals surface area contributed by atoms with E-state index < -0.39 is 5.92 Å². The number of allylic oxidation sites excluding steroid dienone is 5. The number of nitrogens with zero attached hydrogens (tertiary/aromatic N) is 2. The highest BCUT2D eigenvalue weighted by Gasteiger charge is 2.40. The van der Waals surface area contributed by atoms with Crippen LogP contribution in [0, 0.1) is 11.8 Å². The van der Waals surface area contributed by atoms with Crippen molar-refractivity contribution in [2.45, 2.75) is 56.5 Å². The van der Waals surface area contributed by atoms with Gasteiger partial charge in [-0.05, 0) is 42.9 Å². The number of hydrogen-bond donors (Lipinski definition) is 2. The summed E-state index contributed by atoms with van der Waals surface area (Å²) in [6, 6.07) is 0.0828. The summed E-state index contributed by atoms with van der Waals surface area (Å²) in [6.07, 6.45) is 14.9. The summed E-state index contributed by atoms with van der Waals surface area (Å²) >= 11 is 0. The lowest BCUT2D eigenvalue weighted by atomic mass is 9.78. The van der Waals surface area contributed by atoms with Crippen LogP contribution in [0.1, 0.15) is 38.5 Å². The molecule has 0 aromatic heterocycles. The lowest BCUT2D eigenvalue weighted by Crippen LogP contribution is -2.40. The molecule has 2 amide bonds. The zero-order valence-corrected chi connectivity index (χ0v) is 16.3. The zero-order valence-electron chi connectivity index (χ0n) is 16.3. The third kappa shape index (κ3) is 3.51. The quantitative estimate of drug-likeness (QED) is 0.755. The fraction of sp³-hybridized carbons (Fsp3) is 0.545. The predicted octanol–water partition coefficient (Wildman–Crippen LogP) is 3.88. The molecule has 29 heavy (non-hydrogen) atoms. The van der Waals surface area contributed by atoms with Crippen LogP contribution in [0.3, 0.4) is 0 Å². The molecule has 0 aromatic carbocycles. The lowest BCUT2D eigenvalue weighted by molar-refractivity contribution is -0.0418. The number of carbonyl (C=O) groups is 1. The Labute approximate surface area is 169 Å². The molecule has 5 aliphatic rings. The lowest BCUT2D eigenvalue weighted by Gasteiger charge is -2.34. The van der Waals surface area contributed by atoms with Crippen LogP contribution in [0.2, 0.25) is 0 Å². The number of halogens is 2. The van der Waals surface area contributed by atoms with Gasteiger partial charge in [0.25, 0.3) is 0 Å². The van der Waals surface area contributed by atoms with E-state index in [1.807, 2.05) is 17.1 Å². The highest BCUT2D eigenvalue weighted by Crippen LogP contribution is 2.41. The molecule has 7 heteroatoms. The smallest absolute Gasteiger partial charge is 0.322 e. The standard InChI is InChI=1S/C22H26F2N4O/c23-22(24)9-7-15(8-10-22)14-1-3-16(4-2-14)20-12-25-21(29)28(20)17-5-6-18-19(11-17)27-13-26-18/h1-3,5-6,13,15-16,19-20H,4,7-12H2,(H,25,29)(H,26,27)/t16?,19?,20-/m1/s1. The second-order valence-electron chi connectivity index (χ2n) is 8.64. The van der Waals surface area contributed by atoms with E-state index in [2.05, 4.69) is 33.9 Å². The number of nitrogens with one attached hydrogen (secondary N) is 2. The number of hydrogen-bond acceptors (Lipinski definition) is 3. The fourth-order valence-electron chi connectivity index (χ4n) is 5.15. The number of fused-ring (bicyclic) bond motifs is 1. The van der Waals surface area contributed by atoms with E-state index in [0.29, 0.717) is 25.8 Å². The number of carbonyl (C=O) groups excluding carboxylic acids is 1. The van der Waals surface area contributed by atoms with Crippen LogP contribution in [0.4, 0.5) is 13.6 Å². The maximum absolute atomic E-state index is 13.4. The summed E-state index contributed by atoms with van der Waals surface area (Å²) in [5.41, 5.74) is 3.27. The van der Waals surface area contributed by atoms with Crippen molar-refractivity contribution >= 4 is 12.4 Å². The second-order valence-corrected chi connectivity index (χ2v) is 8.64. The van der Waals surface area contributed by atoms with Crippen LogP contribution in [-0.4, -0.2) is 41.8 Å². The second kappa shape index (κ2) is 7.11. The Kier molecular flexibility index (Phi) is 4.56. The molecule has 2 aliphatic heterocycles. The normalized spacial score (nSPS) is 33.6. The molecule has 3 aliphatic carbocycles. The average molecular weight is 400 g/mol. The van der Waals surface area contributed by atoms with Crippen LogP contribution in [0.25, 0.3) is 0 Å². The maximum atomic E-state index is 13.4. The molecule has 5 rings (SSSR count). The van der Waals surface area contributed by atoms with E-state index in [9.17, 15) is 13.6 Å². The van der Waals surface area contributed by atoms with Gasteiger partial charge in [-0.3, -0.25) is 9.89 Å². The van der Waals surface area contributed by atoms with Gasteiger partial charge in [-0.1, -0.05) is 18.2 Å². The molecule has 5 nitrogen and oxygen atoms in total. The molecule has 2 fully saturated rings. The summed E-state index contributed by atoms with van der Waals surface area (Å²) in [4.78, 5) is 18.9. The van der Waals surface area contributed by atoms with Gasteiger partial charge in [0, 0.05) is 43.1 Å². The Morgan fingerprint density at radius 2 is 2.03 bits per heavy atom. The van der Waals surface area contributed by atoms with Crippen molar-refractivity contribution in [3.05, 3.63) is 47.3 Å². The third-order valence-electron chi connectivity index (χ3n) is 6.87. The molecule has 2 unspecified atom stereocenters. The Morgan fingerprint density at radius 1 is 1.21 bits per heavy atom. The van der Waals surface area contributed by atoms with Crippen molar-refractivity contribution in [3.8, 4) is 0 Å². The van der Waals surface area contributed by atoms with E-state index in [1.165, 1.54) is 5.57 Å². The fourth-order valence-corrected chi connectivity index (χ4v) is 5.15. The molecular formula is C22H26F2N4O. The molecular weight excluding hydrogens is 374 g/mol. The Balaban J connectivity index is 1.27. The Morgan fingerprint density at radius 3 is 2.79 bits per heavy atom. The number of rotatable bonds is 3. The predicted molar refractivity (Wildman–Crippen MR) is 107 cm³/mol. The van der Waals surface area contributed by atoms with Gasteiger partial charge in [-0.2, -0.15) is 0 Å². The summed E-state index contributed by atoms with van der Waals surface area (Å²) in [5, 5.41) is 6.13. The Bertz CT molecular complexity index is 847. The van der Waals surface area contributed by atoms with Crippen LogP contribution < -0.4 is 10.6 Å². The number of alkyl halides is 2. The first-order chi connectivity index (χ1) is 14.0. The van der Waals surface area contributed by atoms with Crippen molar-refractivity contribution in [2.24, 2.45) is 16.8 Å². The van der Waals surface area contributed by atoms with Gasteiger partial charge < -0.3 is 10.6 Å². The first-order valence-electron chi connectivity index (χ1n) is 10.5. The number of amides is 2. The van der Waals surface area contributed by atoms with Crippen molar-refractivity contribution in [1.29, 1.82) is 0 Å². The summed E-state index contributed by atoms with van der Waals surface area (Å²) in [7, 11) is 0. The molecule has 1 saturated heterocycles. The molecule has 0 radical (unpaired) electrons. The van der Waals surface area contributed by atoms with Crippen molar-refractivity contribution in [1.82, 2.24) is 15.5 Å². The molecule has 2 heterocycles.